The number of H-pyrrole nitrogens is 1. The van der Waals surface area contributed by atoms with E-state index in [4.69, 9.17) is 0 Å². The van der Waals surface area contributed by atoms with Crippen LogP contribution in [0.1, 0.15) is 29.0 Å². The maximum absolute atomic E-state index is 13.1. The minimum atomic E-state index is -0.999. The number of fused-ring (bicyclic) bond motifs is 1. The number of anilines is 2. The molecule has 2 aromatic carbocycles. The van der Waals surface area contributed by atoms with E-state index in [0.717, 1.165) is 11.1 Å². The zero-order valence-electron chi connectivity index (χ0n) is 16.6. The van der Waals surface area contributed by atoms with E-state index >= 15 is 0 Å². The molecule has 0 fully saturated rings. The van der Waals surface area contributed by atoms with Gasteiger partial charge in [0.15, 0.2) is 5.16 Å². The molecule has 3 aromatic rings. The average molecular weight is 438 g/mol. The lowest BCUT2D eigenvalue weighted by molar-refractivity contribution is -0.123. The Balaban J connectivity index is 1.57. The Morgan fingerprint density at radius 1 is 1.23 bits per heavy atom. The van der Waals surface area contributed by atoms with Gasteiger partial charge in [-0.25, -0.2) is 9.37 Å². The van der Waals surface area contributed by atoms with Crippen molar-refractivity contribution < 1.29 is 14.0 Å². The lowest BCUT2D eigenvalue weighted by Gasteiger charge is -2.23. The van der Waals surface area contributed by atoms with Gasteiger partial charge in [-0.1, -0.05) is 41.6 Å². The fourth-order valence-corrected chi connectivity index (χ4v) is 4.16. The number of aryl methyl sites for hydroxylation is 1. The van der Waals surface area contributed by atoms with E-state index in [0.29, 0.717) is 16.6 Å². The van der Waals surface area contributed by atoms with E-state index in [1.54, 1.807) is 0 Å². The van der Waals surface area contributed by atoms with Crippen LogP contribution >= 0.6 is 11.8 Å². The van der Waals surface area contributed by atoms with Crippen LogP contribution in [0.4, 0.5) is 15.9 Å². The number of thioether (sulfide) groups is 1. The highest BCUT2D eigenvalue weighted by Crippen LogP contribution is 2.31. The highest BCUT2D eigenvalue weighted by atomic mass is 32.2. The first-order valence-corrected chi connectivity index (χ1v) is 10.6. The Morgan fingerprint density at radius 2 is 2.00 bits per heavy atom. The van der Waals surface area contributed by atoms with E-state index in [2.05, 4.69) is 20.6 Å². The number of rotatable bonds is 5. The summed E-state index contributed by atoms with van der Waals surface area (Å²) in [6.07, 6.45) is -0.180. The fraction of sp³-hybridized carbons (Fsp3) is 0.182. The van der Waals surface area contributed by atoms with Crippen molar-refractivity contribution in [3.05, 3.63) is 81.4 Å². The van der Waals surface area contributed by atoms with E-state index in [9.17, 15) is 18.8 Å². The molecular formula is C22H19FN4O3S. The number of halogens is 1. The number of aromatic nitrogens is 2. The van der Waals surface area contributed by atoms with Gasteiger partial charge in [0.2, 0.25) is 11.8 Å². The third kappa shape index (κ3) is 4.83. The summed E-state index contributed by atoms with van der Waals surface area (Å²) >= 11 is 1.33. The molecule has 7 nitrogen and oxygen atoms in total. The summed E-state index contributed by atoms with van der Waals surface area (Å²) in [4.78, 5) is 44.8. The Morgan fingerprint density at radius 3 is 2.74 bits per heavy atom. The average Bonchev–Trinajstić information content (AvgIpc) is 2.73. The van der Waals surface area contributed by atoms with E-state index in [1.165, 1.54) is 36.0 Å². The normalized spacial score (nSPS) is 15.2. The third-order valence-electron chi connectivity index (χ3n) is 4.82. The second-order valence-corrected chi connectivity index (χ2v) is 8.18. The summed E-state index contributed by atoms with van der Waals surface area (Å²) in [5.41, 5.74) is 2.21. The number of benzene rings is 2. The lowest BCUT2D eigenvalue weighted by Crippen LogP contribution is -2.36. The summed E-state index contributed by atoms with van der Waals surface area (Å²) < 4.78 is 13.1. The highest BCUT2D eigenvalue weighted by Gasteiger charge is 2.34. The number of carbonyl (C=O) groups excluding carboxylic acids is 2. The summed E-state index contributed by atoms with van der Waals surface area (Å²) in [7, 11) is 0. The molecule has 1 aliphatic heterocycles. The van der Waals surface area contributed by atoms with Crippen LogP contribution in [0.5, 0.6) is 0 Å². The molecule has 2 amide bonds. The van der Waals surface area contributed by atoms with Crippen LogP contribution in [-0.2, 0) is 15.3 Å². The molecule has 1 aromatic heterocycles. The number of nitrogens with one attached hydrogen (secondary N) is 3. The van der Waals surface area contributed by atoms with Crippen LogP contribution in [0.2, 0.25) is 0 Å². The van der Waals surface area contributed by atoms with Crippen molar-refractivity contribution in [3.63, 3.8) is 0 Å². The quantitative estimate of drug-likeness (QED) is 0.417. The predicted molar refractivity (Wildman–Crippen MR) is 117 cm³/mol. The Hall–Kier alpha value is -3.46. The third-order valence-corrected chi connectivity index (χ3v) is 5.76. The molecule has 158 valence electrons. The first-order chi connectivity index (χ1) is 14.9. The summed E-state index contributed by atoms with van der Waals surface area (Å²) in [5.74, 6) is -1.69. The molecule has 0 saturated heterocycles. The molecule has 0 unspecified atom stereocenters. The zero-order chi connectivity index (χ0) is 22.0. The van der Waals surface area contributed by atoms with Crippen LogP contribution in [0.3, 0.4) is 0 Å². The molecule has 9 heteroatoms. The van der Waals surface area contributed by atoms with Gasteiger partial charge in [-0.2, -0.15) is 0 Å². The van der Waals surface area contributed by atoms with Gasteiger partial charge in [0.1, 0.15) is 11.6 Å². The number of amides is 2. The molecule has 2 heterocycles. The second kappa shape index (κ2) is 8.73. The van der Waals surface area contributed by atoms with E-state index < -0.39 is 29.1 Å². The van der Waals surface area contributed by atoms with Crippen molar-refractivity contribution in [2.75, 3.05) is 10.6 Å². The van der Waals surface area contributed by atoms with Gasteiger partial charge in [-0.15, -0.1) is 0 Å². The van der Waals surface area contributed by atoms with Gasteiger partial charge in [-0.3, -0.25) is 14.4 Å². The monoisotopic (exact) mass is 438 g/mol. The highest BCUT2D eigenvalue weighted by molar-refractivity contribution is 7.98. The number of aromatic amines is 1. The summed E-state index contributed by atoms with van der Waals surface area (Å²) in [6.45, 7) is 2.00. The Labute approximate surface area is 181 Å². The van der Waals surface area contributed by atoms with Crippen LogP contribution in [0, 0.1) is 12.7 Å². The second-order valence-electron chi connectivity index (χ2n) is 7.21. The molecular weight excluding hydrogens is 419 g/mol. The Bertz CT molecular complexity index is 1210. The molecule has 0 aliphatic carbocycles. The summed E-state index contributed by atoms with van der Waals surface area (Å²) in [5, 5.41) is 5.57. The SMILES string of the molecule is Cc1cccc(CSc2nc3c(c(=O)[nH]2)[C@@H](C(=O)Nc2ccc(F)cc2)CC(=O)N3)c1. The summed E-state index contributed by atoms with van der Waals surface area (Å²) in [6, 6.07) is 13.2. The van der Waals surface area contributed by atoms with E-state index in [-0.39, 0.29) is 17.8 Å². The molecule has 31 heavy (non-hydrogen) atoms. The van der Waals surface area contributed by atoms with Gasteiger partial charge >= 0.3 is 0 Å². The van der Waals surface area contributed by atoms with Crippen molar-refractivity contribution in [3.8, 4) is 0 Å². The molecule has 0 saturated carbocycles. The number of hydrogen-bond donors (Lipinski definition) is 3. The van der Waals surface area contributed by atoms with E-state index in [1.807, 2.05) is 31.2 Å². The van der Waals surface area contributed by atoms with Crippen molar-refractivity contribution in [2.45, 2.75) is 30.2 Å². The van der Waals surface area contributed by atoms with Crippen LogP contribution in [-0.4, -0.2) is 21.8 Å². The van der Waals surface area contributed by atoms with Gasteiger partial charge in [-0.05, 0) is 36.8 Å². The minimum Gasteiger partial charge on any atom is -0.326 e. The van der Waals surface area contributed by atoms with Crippen molar-refractivity contribution in [2.24, 2.45) is 0 Å². The van der Waals surface area contributed by atoms with Gasteiger partial charge in [0.25, 0.3) is 5.56 Å². The first kappa shape index (κ1) is 20.8. The fourth-order valence-electron chi connectivity index (χ4n) is 3.36. The van der Waals surface area contributed by atoms with Gasteiger partial charge in [0, 0.05) is 17.9 Å². The van der Waals surface area contributed by atoms with Crippen LogP contribution in [0.15, 0.2) is 58.5 Å². The topological polar surface area (TPSA) is 104 Å². The van der Waals surface area contributed by atoms with Crippen molar-refractivity contribution in [1.29, 1.82) is 0 Å². The Kier molecular flexibility index (Phi) is 5.85. The molecule has 3 N–H and O–H groups in total. The zero-order valence-corrected chi connectivity index (χ0v) is 17.4. The van der Waals surface area contributed by atoms with Crippen molar-refractivity contribution >= 4 is 35.1 Å². The molecule has 0 spiro atoms. The lowest BCUT2D eigenvalue weighted by atomic mass is 9.92. The standard InChI is InChI=1S/C22H19FN4O3S/c1-12-3-2-4-13(9-12)11-31-22-26-19-18(21(30)27-22)16(10-17(28)25-19)20(29)24-15-7-5-14(23)6-8-15/h2-9,16H,10-11H2,1H3,(H,24,29)(H2,25,26,27,28,30)/t16-/m0/s1. The van der Waals surface area contributed by atoms with Crippen molar-refractivity contribution in [1.82, 2.24) is 9.97 Å². The maximum atomic E-state index is 13.1. The van der Waals surface area contributed by atoms with Gasteiger partial charge in [0.05, 0.1) is 11.5 Å². The largest absolute Gasteiger partial charge is 0.326 e. The molecule has 0 radical (unpaired) electrons. The predicted octanol–water partition coefficient (Wildman–Crippen LogP) is 3.57. The maximum Gasteiger partial charge on any atom is 0.257 e. The molecule has 1 aliphatic rings. The van der Waals surface area contributed by atoms with Crippen LogP contribution < -0.4 is 16.2 Å². The van der Waals surface area contributed by atoms with Crippen LogP contribution in [0.25, 0.3) is 0 Å². The number of carbonyl (C=O) groups is 2. The minimum absolute atomic E-state index is 0.0889. The number of hydrogen-bond acceptors (Lipinski definition) is 5. The molecule has 4 rings (SSSR count). The first-order valence-electron chi connectivity index (χ1n) is 9.58. The smallest absolute Gasteiger partial charge is 0.257 e. The number of nitrogens with zero attached hydrogens (tertiary/aromatic N) is 1. The molecule has 0 bridgehead atoms. The van der Waals surface area contributed by atoms with Gasteiger partial charge < -0.3 is 15.6 Å². The molecule has 1 atom stereocenters.